The van der Waals surface area contributed by atoms with Crippen LogP contribution < -0.4 is 5.32 Å². The molecule has 0 aliphatic carbocycles. The molecule has 2 saturated heterocycles. The van der Waals surface area contributed by atoms with Crippen LogP contribution in [0.15, 0.2) is 0 Å². The first-order chi connectivity index (χ1) is 10.3. The quantitative estimate of drug-likeness (QED) is 0.739. The summed E-state index contributed by atoms with van der Waals surface area (Å²) in [4.78, 5) is 5.28. The predicted molar refractivity (Wildman–Crippen MR) is 88.8 cm³/mol. The summed E-state index contributed by atoms with van der Waals surface area (Å²) in [5.74, 6) is 0.667. The van der Waals surface area contributed by atoms with Crippen LogP contribution in [-0.2, 0) is 4.74 Å². The van der Waals surface area contributed by atoms with E-state index in [1.807, 2.05) is 0 Å². The molecule has 4 nitrogen and oxygen atoms in total. The molecule has 1 N–H and O–H groups in total. The number of ether oxygens (including phenoxy) is 1. The highest BCUT2D eigenvalue weighted by atomic mass is 16.5. The monoisotopic (exact) mass is 297 g/mol. The van der Waals surface area contributed by atoms with Gasteiger partial charge in [0, 0.05) is 37.7 Å². The van der Waals surface area contributed by atoms with E-state index in [-0.39, 0.29) is 0 Å². The first-order valence-corrected chi connectivity index (χ1v) is 9.05. The molecule has 2 heterocycles. The lowest BCUT2D eigenvalue weighted by molar-refractivity contribution is 0.0187. The van der Waals surface area contributed by atoms with Crippen molar-refractivity contribution in [3.8, 4) is 0 Å². The molecule has 124 valence electrons. The average Bonchev–Trinajstić information content (AvgIpc) is 2.96. The van der Waals surface area contributed by atoms with Crippen LogP contribution >= 0.6 is 0 Å². The Balaban J connectivity index is 1.80. The van der Waals surface area contributed by atoms with Gasteiger partial charge in [0.25, 0.3) is 0 Å². The van der Waals surface area contributed by atoms with E-state index in [0.717, 1.165) is 25.8 Å². The largest absolute Gasteiger partial charge is 0.381 e. The summed E-state index contributed by atoms with van der Waals surface area (Å²) in [5.41, 5.74) is 0. The molecule has 2 aliphatic heterocycles. The van der Waals surface area contributed by atoms with Gasteiger partial charge in [-0.25, -0.2) is 0 Å². The number of hydrogen-bond donors (Lipinski definition) is 1. The molecule has 3 unspecified atom stereocenters. The summed E-state index contributed by atoms with van der Waals surface area (Å²) in [7, 11) is 0. The van der Waals surface area contributed by atoms with Crippen molar-refractivity contribution in [3.63, 3.8) is 0 Å². The van der Waals surface area contributed by atoms with Crippen molar-refractivity contribution >= 4 is 0 Å². The topological polar surface area (TPSA) is 27.7 Å². The van der Waals surface area contributed by atoms with Crippen molar-refractivity contribution in [2.45, 2.75) is 52.1 Å². The Kier molecular flexibility index (Phi) is 7.44. The van der Waals surface area contributed by atoms with E-state index >= 15 is 0 Å². The van der Waals surface area contributed by atoms with Gasteiger partial charge in [0.1, 0.15) is 0 Å². The van der Waals surface area contributed by atoms with Gasteiger partial charge < -0.3 is 15.0 Å². The Morgan fingerprint density at radius 1 is 1.19 bits per heavy atom. The highest BCUT2D eigenvalue weighted by Gasteiger charge is 2.31. The Bertz CT molecular complexity index is 283. The molecule has 0 aromatic rings. The zero-order valence-corrected chi connectivity index (χ0v) is 14.3. The minimum absolute atomic E-state index is 0.659. The Hall–Kier alpha value is -0.160. The van der Waals surface area contributed by atoms with E-state index in [2.05, 4.69) is 35.9 Å². The summed E-state index contributed by atoms with van der Waals surface area (Å²) in [5, 5.41) is 3.73. The van der Waals surface area contributed by atoms with Gasteiger partial charge in [-0.1, -0.05) is 20.8 Å². The standard InChI is InChI=1S/C17H35N3O/c1-4-9-18-17-8-11-21-14-15(17)12-19-10-7-16(13-19)20(5-2)6-3/h15-18H,4-14H2,1-3H3. The maximum Gasteiger partial charge on any atom is 0.0521 e. The van der Waals surface area contributed by atoms with Crippen LogP contribution in [0.4, 0.5) is 0 Å². The van der Waals surface area contributed by atoms with E-state index in [1.165, 1.54) is 52.0 Å². The second-order valence-corrected chi connectivity index (χ2v) is 6.61. The zero-order valence-electron chi connectivity index (χ0n) is 14.3. The van der Waals surface area contributed by atoms with Crippen molar-refractivity contribution in [2.75, 3.05) is 52.5 Å². The highest BCUT2D eigenvalue weighted by Crippen LogP contribution is 2.21. The Morgan fingerprint density at radius 3 is 2.71 bits per heavy atom. The zero-order chi connectivity index (χ0) is 15.1. The van der Waals surface area contributed by atoms with Gasteiger partial charge in [0.05, 0.1) is 6.61 Å². The molecule has 0 aromatic heterocycles. The summed E-state index contributed by atoms with van der Waals surface area (Å²) in [6, 6.07) is 1.43. The maximum atomic E-state index is 5.74. The minimum Gasteiger partial charge on any atom is -0.381 e. The molecule has 0 aromatic carbocycles. The summed E-state index contributed by atoms with van der Waals surface area (Å²) in [6.45, 7) is 15.9. The third-order valence-corrected chi connectivity index (χ3v) is 5.20. The fraction of sp³-hybridized carbons (Fsp3) is 1.00. The van der Waals surface area contributed by atoms with E-state index in [1.54, 1.807) is 0 Å². The van der Waals surface area contributed by atoms with Crippen molar-refractivity contribution < 1.29 is 4.74 Å². The molecule has 0 bridgehead atoms. The number of nitrogens with zero attached hydrogens (tertiary/aromatic N) is 2. The van der Waals surface area contributed by atoms with Crippen molar-refractivity contribution in [1.82, 2.24) is 15.1 Å². The fourth-order valence-electron chi connectivity index (χ4n) is 3.92. The van der Waals surface area contributed by atoms with Crippen LogP contribution in [0.3, 0.4) is 0 Å². The molecular weight excluding hydrogens is 262 g/mol. The van der Waals surface area contributed by atoms with Crippen molar-refractivity contribution in [3.05, 3.63) is 0 Å². The molecule has 4 heteroatoms. The average molecular weight is 297 g/mol. The molecule has 2 aliphatic rings. The van der Waals surface area contributed by atoms with E-state index in [9.17, 15) is 0 Å². The molecule has 0 radical (unpaired) electrons. The lowest BCUT2D eigenvalue weighted by atomic mass is 9.95. The highest BCUT2D eigenvalue weighted by molar-refractivity contribution is 4.87. The van der Waals surface area contributed by atoms with E-state index in [4.69, 9.17) is 4.74 Å². The molecular formula is C17H35N3O. The summed E-state index contributed by atoms with van der Waals surface area (Å²) in [6.07, 6.45) is 3.73. The summed E-state index contributed by atoms with van der Waals surface area (Å²) >= 11 is 0. The Morgan fingerprint density at radius 2 is 2.00 bits per heavy atom. The number of hydrogen-bond acceptors (Lipinski definition) is 4. The van der Waals surface area contributed by atoms with Crippen LogP contribution in [0.25, 0.3) is 0 Å². The molecule has 2 rings (SSSR count). The van der Waals surface area contributed by atoms with Crippen LogP contribution in [0.2, 0.25) is 0 Å². The van der Waals surface area contributed by atoms with Crippen molar-refractivity contribution in [2.24, 2.45) is 5.92 Å². The second-order valence-electron chi connectivity index (χ2n) is 6.61. The molecule has 2 fully saturated rings. The molecule has 21 heavy (non-hydrogen) atoms. The molecule has 0 saturated carbocycles. The van der Waals surface area contributed by atoms with Crippen LogP contribution in [-0.4, -0.2) is 74.4 Å². The number of likely N-dealkylation sites (N-methyl/N-ethyl adjacent to an activating group) is 1. The lowest BCUT2D eigenvalue weighted by Gasteiger charge is -2.35. The second kappa shape index (κ2) is 9.09. The van der Waals surface area contributed by atoms with Gasteiger partial charge in [-0.2, -0.15) is 0 Å². The van der Waals surface area contributed by atoms with Gasteiger partial charge in [-0.15, -0.1) is 0 Å². The molecule has 3 atom stereocenters. The van der Waals surface area contributed by atoms with Crippen LogP contribution in [0.5, 0.6) is 0 Å². The number of rotatable bonds is 8. The number of nitrogens with one attached hydrogen (secondary N) is 1. The van der Waals surface area contributed by atoms with Gasteiger partial charge in [-0.05, 0) is 45.4 Å². The van der Waals surface area contributed by atoms with Crippen molar-refractivity contribution in [1.29, 1.82) is 0 Å². The van der Waals surface area contributed by atoms with Gasteiger partial charge in [-0.3, -0.25) is 4.90 Å². The van der Waals surface area contributed by atoms with Crippen LogP contribution in [0.1, 0.15) is 40.0 Å². The minimum atomic E-state index is 0.659. The summed E-state index contributed by atoms with van der Waals surface area (Å²) < 4.78 is 5.74. The molecule has 0 amide bonds. The van der Waals surface area contributed by atoms with Gasteiger partial charge >= 0.3 is 0 Å². The Labute approximate surface area is 131 Å². The van der Waals surface area contributed by atoms with Crippen LogP contribution in [0, 0.1) is 5.92 Å². The predicted octanol–water partition coefficient (Wildman–Crippen LogP) is 1.81. The molecule has 0 spiro atoms. The van der Waals surface area contributed by atoms with Gasteiger partial charge in [0.15, 0.2) is 0 Å². The third-order valence-electron chi connectivity index (χ3n) is 5.20. The van der Waals surface area contributed by atoms with E-state index in [0.29, 0.717) is 12.0 Å². The maximum absolute atomic E-state index is 5.74. The third kappa shape index (κ3) is 4.92. The lowest BCUT2D eigenvalue weighted by Crippen LogP contribution is -2.48. The first kappa shape index (κ1) is 17.2. The SMILES string of the molecule is CCCNC1CCOCC1CN1CCC(N(CC)CC)C1. The smallest absolute Gasteiger partial charge is 0.0521 e. The van der Waals surface area contributed by atoms with Gasteiger partial charge in [0.2, 0.25) is 0 Å². The first-order valence-electron chi connectivity index (χ1n) is 9.05. The van der Waals surface area contributed by atoms with E-state index < -0.39 is 0 Å². The normalized spacial score (nSPS) is 31.1. The fourth-order valence-corrected chi connectivity index (χ4v) is 3.92. The number of likely N-dealkylation sites (tertiary alicyclic amines) is 1.